The number of aromatic nitrogens is 5. The van der Waals surface area contributed by atoms with E-state index in [1.807, 2.05) is 13.8 Å². The lowest BCUT2D eigenvalue weighted by Gasteiger charge is -2.31. The van der Waals surface area contributed by atoms with Gasteiger partial charge in [-0.15, -0.1) is 0 Å². The highest BCUT2D eigenvalue weighted by Gasteiger charge is 2.29. The zero-order valence-corrected chi connectivity index (χ0v) is 12.0. The van der Waals surface area contributed by atoms with Gasteiger partial charge in [-0.25, -0.2) is 9.97 Å². The van der Waals surface area contributed by atoms with Gasteiger partial charge in [0.25, 0.3) is 5.91 Å². The molecule has 3 heterocycles. The van der Waals surface area contributed by atoms with Gasteiger partial charge >= 0.3 is 0 Å². The molecule has 1 aliphatic rings. The summed E-state index contributed by atoms with van der Waals surface area (Å²) in [7, 11) is 0. The van der Waals surface area contributed by atoms with Crippen molar-refractivity contribution in [3.63, 3.8) is 0 Å². The Labute approximate surface area is 121 Å². The lowest BCUT2D eigenvalue weighted by Crippen LogP contribution is -2.42. The number of H-pyrrole nitrogens is 2. The molecule has 0 aromatic carbocycles. The number of carbonyl (C=O) groups excluding carboxylic acids is 1. The van der Waals surface area contributed by atoms with Gasteiger partial charge in [0.05, 0.1) is 25.7 Å². The highest BCUT2D eigenvalue weighted by atomic mass is 16.5. The minimum atomic E-state index is -0.273. The van der Waals surface area contributed by atoms with Gasteiger partial charge in [-0.1, -0.05) is 13.8 Å². The monoisotopic (exact) mass is 290 g/mol. The van der Waals surface area contributed by atoms with E-state index < -0.39 is 0 Å². The third-order valence-corrected chi connectivity index (χ3v) is 3.42. The van der Waals surface area contributed by atoms with E-state index in [-0.39, 0.29) is 17.9 Å². The zero-order valence-electron chi connectivity index (χ0n) is 12.0. The van der Waals surface area contributed by atoms with Crippen molar-refractivity contribution in [3.8, 4) is 0 Å². The molecule has 112 valence electrons. The fraction of sp³-hybridized carbons (Fsp3) is 0.538. The molecule has 0 saturated carbocycles. The lowest BCUT2D eigenvalue weighted by atomic mass is 10.2. The van der Waals surface area contributed by atoms with Crippen LogP contribution in [0.4, 0.5) is 0 Å². The van der Waals surface area contributed by atoms with Crippen LogP contribution < -0.4 is 0 Å². The summed E-state index contributed by atoms with van der Waals surface area (Å²) in [5.74, 6) is 1.59. The molecule has 8 nitrogen and oxygen atoms in total. The number of hydrogen-bond acceptors (Lipinski definition) is 5. The Morgan fingerprint density at radius 3 is 3.05 bits per heavy atom. The van der Waals surface area contributed by atoms with Gasteiger partial charge in [-0.05, 0) is 0 Å². The number of ether oxygens (including phenoxy) is 1. The first-order chi connectivity index (χ1) is 10.1. The summed E-state index contributed by atoms with van der Waals surface area (Å²) in [5, 5.41) is 7.08. The Kier molecular flexibility index (Phi) is 3.70. The summed E-state index contributed by atoms with van der Waals surface area (Å²) in [4.78, 5) is 25.2. The van der Waals surface area contributed by atoms with E-state index in [2.05, 4.69) is 25.1 Å². The first-order valence-corrected chi connectivity index (χ1v) is 6.96. The van der Waals surface area contributed by atoms with Gasteiger partial charge in [-0.2, -0.15) is 5.10 Å². The number of amides is 1. The molecule has 21 heavy (non-hydrogen) atoms. The first kappa shape index (κ1) is 13.7. The van der Waals surface area contributed by atoms with E-state index in [4.69, 9.17) is 4.74 Å². The number of nitrogens with zero attached hydrogens (tertiary/aromatic N) is 4. The van der Waals surface area contributed by atoms with Crippen LogP contribution in [0.1, 0.15) is 48.0 Å². The summed E-state index contributed by atoms with van der Waals surface area (Å²) in [6.45, 7) is 5.54. The number of imidazole rings is 1. The van der Waals surface area contributed by atoms with Crippen LogP contribution in [0, 0.1) is 0 Å². The number of carbonyl (C=O) groups is 1. The smallest absolute Gasteiger partial charge is 0.272 e. The van der Waals surface area contributed by atoms with Crippen LogP contribution in [0.25, 0.3) is 0 Å². The van der Waals surface area contributed by atoms with Crippen LogP contribution >= 0.6 is 0 Å². The Hall–Kier alpha value is -2.22. The van der Waals surface area contributed by atoms with Gasteiger partial charge in [-0.3, -0.25) is 9.89 Å². The summed E-state index contributed by atoms with van der Waals surface area (Å²) in [6, 6.07) is 0. The fourth-order valence-electron chi connectivity index (χ4n) is 2.23. The molecule has 0 aliphatic carbocycles. The Bertz CT molecular complexity index is 606. The molecule has 3 rings (SSSR count). The molecular weight excluding hydrogens is 272 g/mol. The van der Waals surface area contributed by atoms with Crippen molar-refractivity contribution < 1.29 is 9.53 Å². The molecule has 0 radical (unpaired) electrons. The van der Waals surface area contributed by atoms with Crippen LogP contribution in [0.15, 0.2) is 12.5 Å². The number of hydrogen-bond donors (Lipinski definition) is 2. The van der Waals surface area contributed by atoms with Crippen molar-refractivity contribution in [1.29, 1.82) is 0 Å². The van der Waals surface area contributed by atoms with E-state index in [0.29, 0.717) is 31.2 Å². The molecule has 8 heteroatoms. The summed E-state index contributed by atoms with van der Waals surface area (Å²) < 4.78 is 5.70. The molecule has 0 unspecified atom stereocenters. The van der Waals surface area contributed by atoms with Gasteiger partial charge in [0, 0.05) is 12.5 Å². The molecule has 2 aromatic heterocycles. The minimum absolute atomic E-state index is 0.0793. The number of nitrogens with one attached hydrogen (secondary N) is 2. The van der Waals surface area contributed by atoms with Gasteiger partial charge in [0.1, 0.15) is 11.8 Å². The molecule has 2 N–H and O–H groups in total. The van der Waals surface area contributed by atoms with Gasteiger partial charge in [0.15, 0.2) is 11.6 Å². The Morgan fingerprint density at radius 2 is 2.38 bits per heavy atom. The maximum absolute atomic E-state index is 12.3. The molecule has 2 aromatic rings. The van der Waals surface area contributed by atoms with Crippen molar-refractivity contribution in [1.82, 2.24) is 30.0 Å². The molecule has 1 atom stereocenters. The number of morpholine rings is 1. The first-order valence-electron chi connectivity index (χ1n) is 6.96. The van der Waals surface area contributed by atoms with Crippen molar-refractivity contribution in [2.75, 3.05) is 19.7 Å². The van der Waals surface area contributed by atoms with E-state index >= 15 is 0 Å². The highest BCUT2D eigenvalue weighted by molar-refractivity contribution is 5.92. The second-order valence-electron chi connectivity index (χ2n) is 5.31. The van der Waals surface area contributed by atoms with Crippen LogP contribution in [-0.2, 0) is 4.74 Å². The molecule has 0 spiro atoms. The van der Waals surface area contributed by atoms with Crippen LogP contribution in [0.3, 0.4) is 0 Å². The molecule has 1 saturated heterocycles. The van der Waals surface area contributed by atoms with E-state index in [9.17, 15) is 4.79 Å². The molecule has 0 bridgehead atoms. The second kappa shape index (κ2) is 5.65. The van der Waals surface area contributed by atoms with Crippen molar-refractivity contribution in [3.05, 3.63) is 29.9 Å². The molecular formula is C13H18N6O2. The SMILES string of the molecule is CC(C)c1n[nH]c([C@@H]2CN(C(=O)c3cnc[nH]3)CCO2)n1. The van der Waals surface area contributed by atoms with Crippen molar-refractivity contribution >= 4 is 5.91 Å². The molecule has 1 fully saturated rings. The number of rotatable bonds is 3. The predicted molar refractivity (Wildman–Crippen MR) is 73.7 cm³/mol. The Morgan fingerprint density at radius 1 is 1.52 bits per heavy atom. The summed E-state index contributed by atoms with van der Waals surface area (Å²) in [6.07, 6.45) is 2.75. The highest BCUT2D eigenvalue weighted by Crippen LogP contribution is 2.21. The summed E-state index contributed by atoms with van der Waals surface area (Å²) in [5.41, 5.74) is 0.482. The van der Waals surface area contributed by atoms with Crippen molar-refractivity contribution in [2.24, 2.45) is 0 Å². The average Bonchev–Trinajstić information content (AvgIpc) is 3.18. The minimum Gasteiger partial charge on any atom is -0.367 e. The third-order valence-electron chi connectivity index (χ3n) is 3.42. The predicted octanol–water partition coefficient (Wildman–Crippen LogP) is 0.865. The largest absolute Gasteiger partial charge is 0.367 e. The number of aromatic amines is 2. The van der Waals surface area contributed by atoms with Crippen LogP contribution in [0.5, 0.6) is 0 Å². The standard InChI is InChI=1S/C13H18N6O2/c1-8(2)11-16-12(18-17-11)10-6-19(3-4-21-10)13(20)9-5-14-7-15-9/h5,7-8,10H,3-4,6H2,1-2H3,(H,14,15)(H,16,17,18)/t10-/m0/s1. The molecule has 1 aliphatic heterocycles. The second-order valence-corrected chi connectivity index (χ2v) is 5.31. The zero-order chi connectivity index (χ0) is 14.8. The van der Waals surface area contributed by atoms with Crippen LogP contribution in [-0.4, -0.2) is 55.7 Å². The maximum Gasteiger partial charge on any atom is 0.272 e. The average molecular weight is 290 g/mol. The Balaban J connectivity index is 1.72. The molecule has 1 amide bonds. The lowest BCUT2D eigenvalue weighted by molar-refractivity contribution is -0.0268. The summed E-state index contributed by atoms with van der Waals surface area (Å²) >= 11 is 0. The van der Waals surface area contributed by atoms with Crippen molar-refractivity contribution in [2.45, 2.75) is 25.9 Å². The van der Waals surface area contributed by atoms with Gasteiger partial charge in [0.2, 0.25) is 0 Å². The topological polar surface area (TPSA) is 99.8 Å². The third kappa shape index (κ3) is 2.80. The quantitative estimate of drug-likeness (QED) is 0.873. The fourth-order valence-corrected chi connectivity index (χ4v) is 2.23. The maximum atomic E-state index is 12.3. The van der Waals surface area contributed by atoms with E-state index in [1.54, 1.807) is 4.90 Å². The van der Waals surface area contributed by atoms with E-state index in [0.717, 1.165) is 5.82 Å². The normalized spacial score (nSPS) is 19.2. The van der Waals surface area contributed by atoms with Crippen LogP contribution in [0.2, 0.25) is 0 Å². The van der Waals surface area contributed by atoms with Gasteiger partial charge < -0.3 is 14.6 Å². The van der Waals surface area contributed by atoms with E-state index in [1.165, 1.54) is 12.5 Å².